The molecule has 0 spiro atoms. The van der Waals surface area contributed by atoms with Gasteiger partial charge in [0.05, 0.1) is 0 Å². The molecule has 0 heterocycles. The van der Waals surface area contributed by atoms with Crippen LogP contribution in [0.15, 0.2) is 0 Å². The topological polar surface area (TPSA) is 26.3 Å². The summed E-state index contributed by atoms with van der Waals surface area (Å²) in [5.41, 5.74) is 0. The average Bonchev–Trinajstić information content (AvgIpc) is 2.92. The number of rotatable bonds is 7. The van der Waals surface area contributed by atoms with Crippen LogP contribution in [0, 0.1) is 5.92 Å². The molecule has 0 aromatic heterocycles. The fourth-order valence-corrected chi connectivity index (χ4v) is 3.61. The minimum Gasteiger partial charge on any atom is -0.462 e. The average molecular weight is 266 g/mol. The number of esters is 1. The molecule has 0 aliphatic heterocycles. The van der Waals surface area contributed by atoms with Crippen LogP contribution in [0.1, 0.15) is 89.9 Å². The summed E-state index contributed by atoms with van der Waals surface area (Å²) in [6.45, 7) is 0. The number of ether oxygens (including phenoxy) is 1. The molecule has 0 aromatic carbocycles. The van der Waals surface area contributed by atoms with E-state index in [4.69, 9.17) is 4.74 Å². The molecule has 2 fully saturated rings. The Kier molecular flexibility index (Phi) is 6.73. The molecule has 0 atom stereocenters. The van der Waals surface area contributed by atoms with Crippen molar-refractivity contribution in [2.45, 2.75) is 96.0 Å². The Hall–Kier alpha value is -0.530. The van der Waals surface area contributed by atoms with Gasteiger partial charge in [-0.3, -0.25) is 4.79 Å². The summed E-state index contributed by atoms with van der Waals surface area (Å²) in [6, 6.07) is 0. The lowest BCUT2D eigenvalue weighted by Crippen LogP contribution is -2.14. The Balaban J connectivity index is 1.43. The highest BCUT2D eigenvalue weighted by Gasteiger charge is 2.18. The van der Waals surface area contributed by atoms with E-state index >= 15 is 0 Å². The van der Waals surface area contributed by atoms with Crippen molar-refractivity contribution < 1.29 is 9.53 Å². The number of carbonyl (C=O) groups is 1. The quantitative estimate of drug-likeness (QED) is 0.478. The Morgan fingerprint density at radius 2 is 1.53 bits per heavy atom. The van der Waals surface area contributed by atoms with E-state index in [1.165, 1.54) is 64.2 Å². The van der Waals surface area contributed by atoms with E-state index in [0.717, 1.165) is 25.2 Å². The zero-order valence-corrected chi connectivity index (χ0v) is 12.4. The van der Waals surface area contributed by atoms with E-state index in [0.29, 0.717) is 6.42 Å². The summed E-state index contributed by atoms with van der Waals surface area (Å²) in [5.74, 6) is 1.03. The standard InChI is InChI=1S/C17H30O2/c18-17(19-16-12-7-8-13-16)14-6-2-5-11-15-9-3-1-4-10-15/h15-16H,1-14H2. The first kappa shape index (κ1) is 14.9. The maximum atomic E-state index is 11.6. The van der Waals surface area contributed by atoms with Crippen LogP contribution in [0.3, 0.4) is 0 Å². The minimum atomic E-state index is 0.0459. The highest BCUT2D eigenvalue weighted by molar-refractivity contribution is 5.69. The summed E-state index contributed by atoms with van der Waals surface area (Å²) in [4.78, 5) is 11.6. The molecule has 2 aliphatic rings. The third-order valence-corrected chi connectivity index (χ3v) is 4.82. The number of unbranched alkanes of at least 4 members (excludes halogenated alkanes) is 2. The van der Waals surface area contributed by atoms with E-state index in [9.17, 15) is 4.79 Å². The summed E-state index contributed by atoms with van der Waals surface area (Å²) < 4.78 is 5.47. The van der Waals surface area contributed by atoms with Gasteiger partial charge in [-0.25, -0.2) is 0 Å². The fraction of sp³-hybridized carbons (Fsp3) is 0.941. The van der Waals surface area contributed by atoms with Gasteiger partial charge < -0.3 is 4.74 Å². The first-order valence-corrected chi connectivity index (χ1v) is 8.54. The molecule has 0 saturated heterocycles. The van der Waals surface area contributed by atoms with Crippen LogP contribution in [-0.2, 0) is 9.53 Å². The van der Waals surface area contributed by atoms with Crippen LogP contribution in [0.25, 0.3) is 0 Å². The van der Waals surface area contributed by atoms with E-state index in [2.05, 4.69) is 0 Å². The van der Waals surface area contributed by atoms with Crippen molar-refractivity contribution in [3.63, 3.8) is 0 Å². The summed E-state index contributed by atoms with van der Waals surface area (Å²) in [7, 11) is 0. The number of hydrogen-bond acceptors (Lipinski definition) is 2. The third-order valence-electron chi connectivity index (χ3n) is 4.82. The Labute approximate surface area is 118 Å². The highest BCUT2D eigenvalue weighted by atomic mass is 16.5. The van der Waals surface area contributed by atoms with Gasteiger partial charge in [-0.05, 0) is 38.0 Å². The normalized spacial score (nSPS) is 21.7. The number of carbonyl (C=O) groups excluding carboxylic acids is 1. The summed E-state index contributed by atoms with van der Waals surface area (Å²) in [6.07, 6.45) is 17.7. The van der Waals surface area contributed by atoms with E-state index in [1.54, 1.807) is 0 Å². The fourth-order valence-electron chi connectivity index (χ4n) is 3.61. The maximum absolute atomic E-state index is 11.6. The van der Waals surface area contributed by atoms with Crippen LogP contribution < -0.4 is 0 Å². The van der Waals surface area contributed by atoms with Crippen molar-refractivity contribution in [2.24, 2.45) is 5.92 Å². The zero-order chi connectivity index (χ0) is 13.3. The lowest BCUT2D eigenvalue weighted by atomic mass is 9.85. The van der Waals surface area contributed by atoms with Crippen LogP contribution >= 0.6 is 0 Å². The van der Waals surface area contributed by atoms with E-state index in [-0.39, 0.29) is 12.1 Å². The van der Waals surface area contributed by atoms with Gasteiger partial charge in [0.25, 0.3) is 0 Å². The Morgan fingerprint density at radius 3 is 2.26 bits per heavy atom. The molecule has 0 bridgehead atoms. The zero-order valence-electron chi connectivity index (χ0n) is 12.4. The van der Waals surface area contributed by atoms with Gasteiger partial charge in [0, 0.05) is 6.42 Å². The molecule has 2 rings (SSSR count). The largest absolute Gasteiger partial charge is 0.462 e. The molecule has 0 amide bonds. The monoisotopic (exact) mass is 266 g/mol. The minimum absolute atomic E-state index is 0.0459. The van der Waals surface area contributed by atoms with Gasteiger partial charge in [0.2, 0.25) is 0 Å². The van der Waals surface area contributed by atoms with Crippen LogP contribution in [0.4, 0.5) is 0 Å². The van der Waals surface area contributed by atoms with Crippen molar-refractivity contribution in [1.82, 2.24) is 0 Å². The molecule has 19 heavy (non-hydrogen) atoms. The second kappa shape index (κ2) is 8.60. The second-order valence-corrected chi connectivity index (χ2v) is 6.50. The molecule has 2 saturated carbocycles. The molecule has 2 heteroatoms. The van der Waals surface area contributed by atoms with Crippen molar-refractivity contribution in [2.75, 3.05) is 0 Å². The van der Waals surface area contributed by atoms with Crippen molar-refractivity contribution in [1.29, 1.82) is 0 Å². The molecule has 110 valence electrons. The predicted octanol–water partition coefficient (Wildman–Crippen LogP) is 5.00. The molecule has 2 nitrogen and oxygen atoms in total. The first-order valence-electron chi connectivity index (χ1n) is 8.54. The molecule has 0 radical (unpaired) electrons. The molecule has 0 aromatic rings. The predicted molar refractivity (Wildman–Crippen MR) is 78.0 cm³/mol. The lowest BCUT2D eigenvalue weighted by molar-refractivity contribution is -0.148. The van der Waals surface area contributed by atoms with E-state index in [1.807, 2.05) is 0 Å². The highest BCUT2D eigenvalue weighted by Crippen LogP contribution is 2.28. The smallest absolute Gasteiger partial charge is 0.306 e. The van der Waals surface area contributed by atoms with Crippen molar-refractivity contribution in [3.05, 3.63) is 0 Å². The van der Waals surface area contributed by atoms with Gasteiger partial charge in [0.15, 0.2) is 0 Å². The second-order valence-electron chi connectivity index (χ2n) is 6.50. The van der Waals surface area contributed by atoms with Crippen molar-refractivity contribution >= 4 is 5.97 Å². The lowest BCUT2D eigenvalue weighted by Gasteiger charge is -2.21. The molecular weight excluding hydrogens is 236 g/mol. The van der Waals surface area contributed by atoms with Crippen LogP contribution in [-0.4, -0.2) is 12.1 Å². The Morgan fingerprint density at radius 1 is 0.842 bits per heavy atom. The first-order chi connectivity index (χ1) is 9.34. The maximum Gasteiger partial charge on any atom is 0.306 e. The van der Waals surface area contributed by atoms with Crippen molar-refractivity contribution in [3.8, 4) is 0 Å². The van der Waals surface area contributed by atoms with Crippen LogP contribution in [0.5, 0.6) is 0 Å². The molecule has 0 N–H and O–H groups in total. The third kappa shape index (κ3) is 5.97. The summed E-state index contributed by atoms with van der Waals surface area (Å²) >= 11 is 0. The van der Waals surface area contributed by atoms with Gasteiger partial charge in [0.1, 0.15) is 6.10 Å². The van der Waals surface area contributed by atoms with E-state index < -0.39 is 0 Å². The number of hydrogen-bond donors (Lipinski definition) is 0. The molecule has 0 unspecified atom stereocenters. The van der Waals surface area contributed by atoms with Crippen LogP contribution in [0.2, 0.25) is 0 Å². The molecule has 2 aliphatic carbocycles. The van der Waals surface area contributed by atoms with Gasteiger partial charge in [-0.2, -0.15) is 0 Å². The van der Waals surface area contributed by atoms with Gasteiger partial charge >= 0.3 is 5.97 Å². The summed E-state index contributed by atoms with van der Waals surface area (Å²) in [5, 5.41) is 0. The molecular formula is C17H30O2. The Bertz CT molecular complexity index is 250. The SMILES string of the molecule is O=C(CCCCCC1CCCCC1)OC1CCCC1. The van der Waals surface area contributed by atoms with Gasteiger partial charge in [-0.1, -0.05) is 51.4 Å². The van der Waals surface area contributed by atoms with Gasteiger partial charge in [-0.15, -0.1) is 0 Å².